The van der Waals surface area contributed by atoms with Crippen LogP contribution in [-0.4, -0.2) is 26.3 Å². The normalized spacial score (nSPS) is 15.5. The Labute approximate surface area is 154 Å². The van der Waals surface area contributed by atoms with Crippen molar-refractivity contribution in [2.24, 2.45) is 5.92 Å². The standard InChI is InChI=1S/C22H27F2NO/c23-20-5-1-18(2-6-20)22(19-3-7-21(24)8-4-19)10-14-25-13-9-17-11-15-26-16-12-17/h1-8,17,22,25H,9-16H2. The van der Waals surface area contributed by atoms with Crippen LogP contribution in [0.4, 0.5) is 8.78 Å². The molecule has 1 heterocycles. The van der Waals surface area contributed by atoms with E-state index in [0.29, 0.717) is 0 Å². The Morgan fingerprint density at radius 1 is 0.846 bits per heavy atom. The van der Waals surface area contributed by atoms with Crippen LogP contribution in [0.3, 0.4) is 0 Å². The van der Waals surface area contributed by atoms with Gasteiger partial charge in [0.1, 0.15) is 11.6 Å². The Kier molecular flexibility index (Phi) is 7.15. The summed E-state index contributed by atoms with van der Waals surface area (Å²) < 4.78 is 31.9. The van der Waals surface area contributed by atoms with Crippen LogP contribution in [0.1, 0.15) is 42.7 Å². The molecule has 1 fully saturated rings. The quantitative estimate of drug-likeness (QED) is 0.678. The fourth-order valence-electron chi connectivity index (χ4n) is 3.63. The lowest BCUT2D eigenvalue weighted by Crippen LogP contribution is -2.24. The summed E-state index contributed by atoms with van der Waals surface area (Å²) >= 11 is 0. The van der Waals surface area contributed by atoms with Crippen molar-refractivity contribution in [3.05, 3.63) is 71.3 Å². The molecule has 2 aromatic carbocycles. The smallest absolute Gasteiger partial charge is 0.123 e. The SMILES string of the molecule is Fc1ccc(C(CCNCCC2CCOCC2)c2ccc(F)cc2)cc1. The summed E-state index contributed by atoms with van der Waals surface area (Å²) in [6.45, 7) is 3.66. The van der Waals surface area contributed by atoms with E-state index in [4.69, 9.17) is 4.74 Å². The lowest BCUT2D eigenvalue weighted by molar-refractivity contribution is 0.0640. The highest BCUT2D eigenvalue weighted by atomic mass is 19.1. The van der Waals surface area contributed by atoms with Gasteiger partial charge in [-0.3, -0.25) is 0 Å². The van der Waals surface area contributed by atoms with Gasteiger partial charge in [0.15, 0.2) is 0 Å². The summed E-state index contributed by atoms with van der Waals surface area (Å²) in [7, 11) is 0. The van der Waals surface area contributed by atoms with E-state index in [9.17, 15) is 8.78 Å². The molecule has 1 aliphatic rings. The number of hydrogen-bond acceptors (Lipinski definition) is 2. The molecule has 0 atom stereocenters. The molecular weight excluding hydrogens is 332 g/mol. The summed E-state index contributed by atoms with van der Waals surface area (Å²) in [4.78, 5) is 0. The fourth-order valence-corrected chi connectivity index (χ4v) is 3.63. The highest BCUT2D eigenvalue weighted by Gasteiger charge is 2.15. The maximum Gasteiger partial charge on any atom is 0.123 e. The highest BCUT2D eigenvalue weighted by molar-refractivity contribution is 5.32. The van der Waals surface area contributed by atoms with E-state index in [1.807, 2.05) is 24.3 Å². The number of hydrogen-bond donors (Lipinski definition) is 1. The van der Waals surface area contributed by atoms with Gasteiger partial charge in [0.25, 0.3) is 0 Å². The Bertz CT molecular complexity index is 605. The van der Waals surface area contributed by atoms with Crippen LogP contribution in [0.2, 0.25) is 0 Å². The van der Waals surface area contributed by atoms with Gasteiger partial charge in [0, 0.05) is 19.1 Å². The zero-order chi connectivity index (χ0) is 18.2. The summed E-state index contributed by atoms with van der Waals surface area (Å²) in [5, 5.41) is 3.54. The molecule has 0 amide bonds. The minimum atomic E-state index is -0.235. The lowest BCUT2D eigenvalue weighted by atomic mass is 9.88. The predicted octanol–water partition coefficient (Wildman–Crippen LogP) is 4.89. The number of rotatable bonds is 8. The Balaban J connectivity index is 1.55. The number of halogens is 2. The van der Waals surface area contributed by atoms with E-state index >= 15 is 0 Å². The van der Waals surface area contributed by atoms with Crippen molar-refractivity contribution in [1.82, 2.24) is 5.32 Å². The van der Waals surface area contributed by atoms with Gasteiger partial charge in [0.05, 0.1) is 0 Å². The van der Waals surface area contributed by atoms with Gasteiger partial charge in [-0.1, -0.05) is 24.3 Å². The molecule has 2 nitrogen and oxygen atoms in total. The van der Waals surface area contributed by atoms with Gasteiger partial charge in [-0.25, -0.2) is 8.78 Å². The molecule has 0 radical (unpaired) electrons. The molecule has 26 heavy (non-hydrogen) atoms. The first-order valence-corrected chi connectivity index (χ1v) is 9.52. The predicted molar refractivity (Wildman–Crippen MR) is 100 cm³/mol. The van der Waals surface area contributed by atoms with Crippen molar-refractivity contribution in [2.45, 2.75) is 31.6 Å². The van der Waals surface area contributed by atoms with Crippen LogP contribution in [0, 0.1) is 17.6 Å². The van der Waals surface area contributed by atoms with Gasteiger partial charge >= 0.3 is 0 Å². The first-order valence-electron chi connectivity index (χ1n) is 9.52. The van der Waals surface area contributed by atoms with Gasteiger partial charge in [0.2, 0.25) is 0 Å². The van der Waals surface area contributed by atoms with Crippen LogP contribution < -0.4 is 5.32 Å². The molecule has 1 aliphatic heterocycles. The monoisotopic (exact) mass is 359 g/mol. The maximum atomic E-state index is 13.3. The first kappa shape index (κ1) is 19.0. The molecule has 0 bridgehead atoms. The summed E-state index contributed by atoms with van der Waals surface area (Å²) in [5.74, 6) is 0.426. The van der Waals surface area contributed by atoms with E-state index < -0.39 is 0 Å². The van der Waals surface area contributed by atoms with Crippen molar-refractivity contribution in [3.8, 4) is 0 Å². The second kappa shape index (κ2) is 9.79. The van der Waals surface area contributed by atoms with E-state index in [1.54, 1.807) is 0 Å². The lowest BCUT2D eigenvalue weighted by Gasteiger charge is -2.22. The third-order valence-corrected chi connectivity index (χ3v) is 5.22. The van der Waals surface area contributed by atoms with E-state index in [-0.39, 0.29) is 17.6 Å². The van der Waals surface area contributed by atoms with Crippen molar-refractivity contribution < 1.29 is 13.5 Å². The van der Waals surface area contributed by atoms with Gasteiger partial charge in [-0.15, -0.1) is 0 Å². The van der Waals surface area contributed by atoms with E-state index in [0.717, 1.165) is 62.6 Å². The minimum absolute atomic E-state index is 0.131. The topological polar surface area (TPSA) is 21.3 Å². The number of nitrogens with one attached hydrogen (secondary N) is 1. The molecule has 0 unspecified atom stereocenters. The zero-order valence-electron chi connectivity index (χ0n) is 15.1. The minimum Gasteiger partial charge on any atom is -0.381 e. The third kappa shape index (κ3) is 5.61. The van der Waals surface area contributed by atoms with E-state index in [2.05, 4.69) is 5.32 Å². The molecule has 2 aromatic rings. The van der Waals surface area contributed by atoms with Crippen LogP contribution in [-0.2, 0) is 4.74 Å². The second-order valence-electron chi connectivity index (χ2n) is 7.04. The molecule has 4 heteroatoms. The molecule has 140 valence electrons. The summed E-state index contributed by atoms with van der Waals surface area (Å²) in [5.41, 5.74) is 2.12. The van der Waals surface area contributed by atoms with Crippen LogP contribution in [0.15, 0.2) is 48.5 Å². The highest BCUT2D eigenvalue weighted by Crippen LogP contribution is 2.28. The van der Waals surface area contributed by atoms with Crippen LogP contribution >= 0.6 is 0 Å². The average molecular weight is 359 g/mol. The largest absolute Gasteiger partial charge is 0.381 e. The number of ether oxygens (including phenoxy) is 1. The molecular formula is C22H27F2NO. The van der Waals surface area contributed by atoms with Crippen LogP contribution in [0.25, 0.3) is 0 Å². The maximum absolute atomic E-state index is 13.3. The average Bonchev–Trinajstić information content (AvgIpc) is 2.67. The van der Waals surface area contributed by atoms with Gasteiger partial charge in [-0.2, -0.15) is 0 Å². The van der Waals surface area contributed by atoms with Crippen molar-refractivity contribution in [3.63, 3.8) is 0 Å². The summed E-state index contributed by atoms with van der Waals surface area (Å²) in [6, 6.07) is 13.3. The van der Waals surface area contributed by atoms with Crippen molar-refractivity contribution >= 4 is 0 Å². The Morgan fingerprint density at radius 3 is 1.92 bits per heavy atom. The Hall–Kier alpha value is -1.78. The van der Waals surface area contributed by atoms with Gasteiger partial charge in [-0.05, 0) is 80.1 Å². The van der Waals surface area contributed by atoms with E-state index in [1.165, 1.54) is 30.7 Å². The fraction of sp³-hybridized carbons (Fsp3) is 0.455. The zero-order valence-corrected chi connectivity index (χ0v) is 15.1. The number of benzene rings is 2. The molecule has 0 aromatic heterocycles. The van der Waals surface area contributed by atoms with Crippen molar-refractivity contribution in [2.75, 3.05) is 26.3 Å². The van der Waals surface area contributed by atoms with Gasteiger partial charge < -0.3 is 10.1 Å². The van der Waals surface area contributed by atoms with Crippen LogP contribution in [0.5, 0.6) is 0 Å². The van der Waals surface area contributed by atoms with Crippen molar-refractivity contribution in [1.29, 1.82) is 0 Å². The molecule has 3 rings (SSSR count). The molecule has 0 aliphatic carbocycles. The third-order valence-electron chi connectivity index (χ3n) is 5.22. The Morgan fingerprint density at radius 2 is 1.38 bits per heavy atom. The molecule has 1 N–H and O–H groups in total. The summed E-state index contributed by atoms with van der Waals surface area (Å²) in [6.07, 6.45) is 4.40. The molecule has 1 saturated heterocycles. The first-order chi connectivity index (χ1) is 12.7. The molecule has 0 saturated carbocycles. The molecule has 0 spiro atoms. The second-order valence-corrected chi connectivity index (χ2v) is 7.04.